The van der Waals surface area contributed by atoms with Crippen LogP contribution in [0.1, 0.15) is 52.4 Å². The molecule has 1 aromatic carbocycles. The van der Waals surface area contributed by atoms with E-state index in [1.54, 1.807) is 0 Å². The number of ether oxygens (including phenoxy) is 1. The molecular formula is C18H27NO2. The number of para-hydroxylation sites is 1. The molecule has 0 unspecified atom stereocenters. The Labute approximate surface area is 127 Å². The zero-order chi connectivity index (χ0) is 15.5. The number of fused-ring (bicyclic) bond motifs is 1. The molecule has 2 rings (SSSR count). The molecule has 0 aliphatic carbocycles. The third-order valence-electron chi connectivity index (χ3n) is 3.50. The summed E-state index contributed by atoms with van der Waals surface area (Å²) in [5.74, 6) is 1.87. The minimum absolute atomic E-state index is 0.0411. The minimum Gasteiger partial charge on any atom is -0.490 e. The lowest BCUT2D eigenvalue weighted by molar-refractivity contribution is 0.315. The van der Waals surface area contributed by atoms with Crippen LogP contribution in [0.25, 0.3) is 11.0 Å². The van der Waals surface area contributed by atoms with Crippen LogP contribution < -0.4 is 10.1 Å². The van der Waals surface area contributed by atoms with Crippen molar-refractivity contribution in [2.45, 2.75) is 53.0 Å². The Kier molecular flexibility index (Phi) is 4.94. The molecule has 21 heavy (non-hydrogen) atoms. The van der Waals surface area contributed by atoms with E-state index in [0.29, 0.717) is 6.61 Å². The highest BCUT2D eigenvalue weighted by Gasteiger charge is 2.26. The lowest BCUT2D eigenvalue weighted by atomic mass is 9.84. The number of rotatable bonds is 6. The molecule has 2 aromatic rings. The van der Waals surface area contributed by atoms with E-state index in [1.165, 1.54) is 10.9 Å². The Balaban J connectivity index is 2.55. The number of furan rings is 1. The molecule has 3 heteroatoms. The quantitative estimate of drug-likeness (QED) is 0.842. The molecule has 0 amide bonds. The smallest absolute Gasteiger partial charge is 0.176 e. The Hall–Kier alpha value is -1.48. The first-order valence-electron chi connectivity index (χ1n) is 7.87. The van der Waals surface area contributed by atoms with Gasteiger partial charge in [0.15, 0.2) is 11.3 Å². The highest BCUT2D eigenvalue weighted by atomic mass is 16.5. The first kappa shape index (κ1) is 15.9. The Bertz CT molecular complexity index is 593. The van der Waals surface area contributed by atoms with Gasteiger partial charge in [0.1, 0.15) is 5.76 Å². The van der Waals surface area contributed by atoms with Gasteiger partial charge in [-0.25, -0.2) is 0 Å². The molecule has 0 bridgehead atoms. The second-order valence-corrected chi connectivity index (χ2v) is 6.41. The summed E-state index contributed by atoms with van der Waals surface area (Å²) >= 11 is 0. The SMILES string of the molecule is CCCOc1cccc2c(C(C)(C)C)c(CNCC)oc12. The maximum absolute atomic E-state index is 6.17. The second-order valence-electron chi connectivity index (χ2n) is 6.41. The number of hydrogen-bond donors (Lipinski definition) is 1. The van der Waals surface area contributed by atoms with Crippen LogP contribution in [0.4, 0.5) is 0 Å². The molecule has 0 spiro atoms. The Morgan fingerprint density at radius 1 is 1.19 bits per heavy atom. The monoisotopic (exact) mass is 289 g/mol. The average Bonchev–Trinajstić information content (AvgIpc) is 2.81. The maximum atomic E-state index is 6.17. The molecule has 0 saturated carbocycles. The molecule has 0 saturated heterocycles. The van der Waals surface area contributed by atoms with Crippen molar-refractivity contribution in [2.75, 3.05) is 13.2 Å². The van der Waals surface area contributed by atoms with Crippen molar-refractivity contribution >= 4 is 11.0 Å². The fourth-order valence-corrected chi connectivity index (χ4v) is 2.65. The highest BCUT2D eigenvalue weighted by Crippen LogP contribution is 2.39. The van der Waals surface area contributed by atoms with Gasteiger partial charge in [-0.3, -0.25) is 0 Å². The van der Waals surface area contributed by atoms with E-state index >= 15 is 0 Å². The summed E-state index contributed by atoms with van der Waals surface area (Å²) in [7, 11) is 0. The van der Waals surface area contributed by atoms with Crippen molar-refractivity contribution in [1.82, 2.24) is 5.32 Å². The molecule has 0 aliphatic heterocycles. The summed E-state index contributed by atoms with van der Waals surface area (Å²) < 4.78 is 12.0. The normalized spacial score (nSPS) is 12.0. The van der Waals surface area contributed by atoms with Gasteiger partial charge in [0.05, 0.1) is 13.2 Å². The van der Waals surface area contributed by atoms with E-state index in [0.717, 1.165) is 36.6 Å². The molecule has 0 fully saturated rings. The predicted molar refractivity (Wildman–Crippen MR) is 88.1 cm³/mol. The van der Waals surface area contributed by atoms with Gasteiger partial charge in [-0.15, -0.1) is 0 Å². The first-order valence-corrected chi connectivity index (χ1v) is 7.87. The Morgan fingerprint density at radius 2 is 1.95 bits per heavy atom. The van der Waals surface area contributed by atoms with Crippen molar-refractivity contribution in [3.8, 4) is 5.75 Å². The van der Waals surface area contributed by atoms with Crippen LogP contribution in [0.3, 0.4) is 0 Å². The van der Waals surface area contributed by atoms with Gasteiger partial charge in [-0.1, -0.05) is 46.8 Å². The van der Waals surface area contributed by atoms with E-state index in [2.05, 4.69) is 52.1 Å². The third kappa shape index (κ3) is 3.41. The van der Waals surface area contributed by atoms with Gasteiger partial charge in [0.25, 0.3) is 0 Å². The summed E-state index contributed by atoms with van der Waals surface area (Å²) in [4.78, 5) is 0. The fourth-order valence-electron chi connectivity index (χ4n) is 2.65. The lowest BCUT2D eigenvalue weighted by Gasteiger charge is -2.19. The highest BCUT2D eigenvalue weighted by molar-refractivity contribution is 5.88. The van der Waals surface area contributed by atoms with Crippen molar-refractivity contribution < 1.29 is 9.15 Å². The zero-order valence-electron chi connectivity index (χ0n) is 13.9. The first-order chi connectivity index (χ1) is 9.99. The molecule has 1 N–H and O–H groups in total. The Morgan fingerprint density at radius 3 is 2.57 bits per heavy atom. The van der Waals surface area contributed by atoms with Crippen molar-refractivity contribution in [1.29, 1.82) is 0 Å². The van der Waals surface area contributed by atoms with E-state index in [-0.39, 0.29) is 5.41 Å². The molecule has 1 aromatic heterocycles. The summed E-state index contributed by atoms with van der Waals surface area (Å²) in [5, 5.41) is 4.54. The van der Waals surface area contributed by atoms with E-state index < -0.39 is 0 Å². The van der Waals surface area contributed by atoms with Crippen molar-refractivity contribution in [2.24, 2.45) is 0 Å². The summed E-state index contributed by atoms with van der Waals surface area (Å²) in [6.07, 6.45) is 0.994. The topological polar surface area (TPSA) is 34.4 Å². The predicted octanol–water partition coefficient (Wildman–Crippen LogP) is 4.63. The van der Waals surface area contributed by atoms with Crippen LogP contribution in [0.2, 0.25) is 0 Å². The van der Waals surface area contributed by atoms with Crippen LogP contribution in [0.5, 0.6) is 5.75 Å². The molecule has 1 heterocycles. The summed E-state index contributed by atoms with van der Waals surface area (Å²) in [6, 6.07) is 6.17. The lowest BCUT2D eigenvalue weighted by Crippen LogP contribution is -2.18. The number of hydrogen-bond acceptors (Lipinski definition) is 3. The standard InChI is InChI=1S/C18H27NO2/c1-6-11-20-14-10-8-9-13-16(18(3,4)5)15(12-19-7-2)21-17(13)14/h8-10,19H,6-7,11-12H2,1-5H3. The van der Waals surface area contributed by atoms with Crippen LogP contribution >= 0.6 is 0 Å². The van der Waals surface area contributed by atoms with Gasteiger partial charge >= 0.3 is 0 Å². The average molecular weight is 289 g/mol. The third-order valence-corrected chi connectivity index (χ3v) is 3.50. The fraction of sp³-hybridized carbons (Fsp3) is 0.556. The molecule has 0 radical (unpaired) electrons. The number of benzene rings is 1. The van der Waals surface area contributed by atoms with E-state index in [9.17, 15) is 0 Å². The summed E-state index contributed by atoms with van der Waals surface area (Å²) in [6.45, 7) is 13.3. The largest absolute Gasteiger partial charge is 0.490 e. The number of nitrogens with one attached hydrogen (secondary N) is 1. The van der Waals surface area contributed by atoms with Gasteiger partial charge in [0, 0.05) is 10.9 Å². The molecule has 0 aliphatic rings. The van der Waals surface area contributed by atoms with Gasteiger partial charge in [0.2, 0.25) is 0 Å². The van der Waals surface area contributed by atoms with Crippen LogP contribution in [-0.2, 0) is 12.0 Å². The van der Waals surface area contributed by atoms with Gasteiger partial charge in [-0.2, -0.15) is 0 Å². The van der Waals surface area contributed by atoms with E-state index in [4.69, 9.17) is 9.15 Å². The van der Waals surface area contributed by atoms with Crippen molar-refractivity contribution in [3.05, 3.63) is 29.5 Å². The zero-order valence-corrected chi connectivity index (χ0v) is 13.9. The maximum Gasteiger partial charge on any atom is 0.176 e. The van der Waals surface area contributed by atoms with E-state index in [1.807, 2.05) is 6.07 Å². The minimum atomic E-state index is 0.0411. The second kappa shape index (κ2) is 6.52. The molecular weight excluding hydrogens is 262 g/mol. The van der Waals surface area contributed by atoms with Crippen molar-refractivity contribution in [3.63, 3.8) is 0 Å². The summed E-state index contributed by atoms with van der Waals surface area (Å²) in [5.41, 5.74) is 2.20. The molecule has 116 valence electrons. The van der Waals surface area contributed by atoms with Gasteiger partial charge in [-0.05, 0) is 24.4 Å². The molecule has 3 nitrogen and oxygen atoms in total. The van der Waals surface area contributed by atoms with Crippen LogP contribution in [-0.4, -0.2) is 13.2 Å². The van der Waals surface area contributed by atoms with Gasteiger partial charge < -0.3 is 14.5 Å². The molecule has 0 atom stereocenters. The van der Waals surface area contributed by atoms with Crippen LogP contribution in [0.15, 0.2) is 22.6 Å². The van der Waals surface area contributed by atoms with Crippen LogP contribution in [0, 0.1) is 0 Å².